The summed E-state index contributed by atoms with van der Waals surface area (Å²) in [7, 11) is 0. The molecule has 1 rings (SSSR count). The number of aliphatic hydroxyl groups is 1. The van der Waals surface area contributed by atoms with E-state index in [2.05, 4.69) is 44.6 Å². The minimum Gasteiger partial charge on any atom is -0.453 e. The number of carbonyl (C=O) groups excluding carboxylic acids is 2. The van der Waals surface area contributed by atoms with E-state index >= 15 is 0 Å². The fourth-order valence-electron chi connectivity index (χ4n) is 2.71. The lowest BCUT2D eigenvalue weighted by Gasteiger charge is -2.17. The third-order valence-electron chi connectivity index (χ3n) is 4.24. The van der Waals surface area contributed by atoms with E-state index in [4.69, 9.17) is 4.74 Å². The molecule has 0 aromatic carbocycles. The molecule has 150 valence electrons. The number of esters is 2. The van der Waals surface area contributed by atoms with E-state index in [-0.39, 0.29) is 11.5 Å². The first kappa shape index (κ1) is 22.9. The van der Waals surface area contributed by atoms with Crippen molar-refractivity contribution < 1.29 is 24.2 Å². The third-order valence-corrected chi connectivity index (χ3v) is 4.24. The Morgan fingerprint density at radius 3 is 2.48 bits per heavy atom. The average Bonchev–Trinajstić information content (AvgIpc) is 2.89. The van der Waals surface area contributed by atoms with Gasteiger partial charge in [-0.2, -0.15) is 0 Å². The molecule has 1 aliphatic heterocycles. The number of rotatable bonds is 10. The Bertz CT molecular complexity index is 635. The molecule has 0 bridgehead atoms. The fourth-order valence-corrected chi connectivity index (χ4v) is 2.71. The van der Waals surface area contributed by atoms with Gasteiger partial charge >= 0.3 is 11.9 Å². The third kappa shape index (κ3) is 9.38. The first-order valence-electron chi connectivity index (χ1n) is 9.43. The number of aliphatic hydroxyl groups excluding tert-OH is 1. The van der Waals surface area contributed by atoms with E-state index in [1.165, 1.54) is 24.1 Å². The number of hydrogen-bond donors (Lipinski definition) is 1. The normalized spacial score (nSPS) is 19.5. The standard InChI is InChI=1S/C22H32O5/c1-15(2)8-6-9-16(3)10-7-11-17(4)12-13-20(26-18(5)23)19-14-21(24)27-22(19)25/h8,10,12-14,17,20,22,25H,6-7,9,11H2,1-5H3/b13-12+,16-10+. The van der Waals surface area contributed by atoms with Crippen molar-refractivity contribution in [1.29, 1.82) is 0 Å². The molecule has 5 nitrogen and oxygen atoms in total. The Kier molecular flexibility index (Phi) is 9.79. The fraction of sp³-hybridized carbons (Fsp3) is 0.545. The molecule has 1 N–H and O–H groups in total. The lowest BCUT2D eigenvalue weighted by molar-refractivity contribution is -0.152. The van der Waals surface area contributed by atoms with Crippen LogP contribution < -0.4 is 0 Å². The van der Waals surface area contributed by atoms with Crippen LogP contribution >= 0.6 is 0 Å². The molecule has 3 unspecified atom stereocenters. The molecular weight excluding hydrogens is 344 g/mol. The highest BCUT2D eigenvalue weighted by atomic mass is 16.6. The number of carbonyl (C=O) groups is 2. The molecule has 0 saturated carbocycles. The van der Waals surface area contributed by atoms with Crippen LogP contribution in [-0.4, -0.2) is 29.4 Å². The highest BCUT2D eigenvalue weighted by molar-refractivity contribution is 5.86. The molecule has 0 spiro atoms. The molecule has 1 aliphatic rings. The van der Waals surface area contributed by atoms with Crippen molar-refractivity contribution in [3.8, 4) is 0 Å². The van der Waals surface area contributed by atoms with Crippen LogP contribution in [0.1, 0.15) is 60.3 Å². The molecular formula is C22H32O5. The molecule has 1 heterocycles. The van der Waals surface area contributed by atoms with Gasteiger partial charge in [0.1, 0.15) is 6.10 Å². The zero-order valence-electron chi connectivity index (χ0n) is 17.0. The number of ether oxygens (including phenoxy) is 2. The van der Waals surface area contributed by atoms with Crippen LogP contribution in [0.25, 0.3) is 0 Å². The minimum atomic E-state index is -1.37. The summed E-state index contributed by atoms with van der Waals surface area (Å²) in [6, 6.07) is 0. The predicted molar refractivity (Wildman–Crippen MR) is 106 cm³/mol. The van der Waals surface area contributed by atoms with Gasteiger partial charge in [0.2, 0.25) is 6.29 Å². The molecule has 0 aliphatic carbocycles. The van der Waals surface area contributed by atoms with Crippen molar-refractivity contribution in [3.05, 3.63) is 47.1 Å². The van der Waals surface area contributed by atoms with Crippen LogP contribution in [0, 0.1) is 5.92 Å². The van der Waals surface area contributed by atoms with Gasteiger partial charge in [0.15, 0.2) is 0 Å². The second-order valence-electron chi connectivity index (χ2n) is 7.27. The lowest BCUT2D eigenvalue weighted by atomic mass is 10.0. The first-order chi connectivity index (χ1) is 12.7. The highest BCUT2D eigenvalue weighted by Crippen LogP contribution is 2.22. The van der Waals surface area contributed by atoms with Crippen LogP contribution in [0.15, 0.2) is 47.1 Å². The Morgan fingerprint density at radius 1 is 1.22 bits per heavy atom. The summed E-state index contributed by atoms with van der Waals surface area (Å²) in [5.41, 5.74) is 2.98. The van der Waals surface area contributed by atoms with Crippen molar-refractivity contribution >= 4 is 11.9 Å². The maximum absolute atomic E-state index is 11.3. The Morgan fingerprint density at radius 2 is 1.93 bits per heavy atom. The zero-order valence-corrected chi connectivity index (χ0v) is 17.0. The van der Waals surface area contributed by atoms with E-state index in [9.17, 15) is 14.7 Å². The molecule has 3 atom stereocenters. The minimum absolute atomic E-state index is 0.244. The summed E-state index contributed by atoms with van der Waals surface area (Å²) >= 11 is 0. The topological polar surface area (TPSA) is 72.8 Å². The maximum atomic E-state index is 11.3. The Labute approximate surface area is 162 Å². The van der Waals surface area contributed by atoms with Crippen molar-refractivity contribution in [2.75, 3.05) is 0 Å². The monoisotopic (exact) mass is 376 g/mol. The molecule has 0 radical (unpaired) electrons. The first-order valence-corrected chi connectivity index (χ1v) is 9.43. The molecule has 0 aromatic rings. The summed E-state index contributed by atoms with van der Waals surface area (Å²) in [4.78, 5) is 22.6. The van der Waals surface area contributed by atoms with Gasteiger partial charge in [0.25, 0.3) is 0 Å². The number of cyclic esters (lactones) is 1. The largest absolute Gasteiger partial charge is 0.453 e. The van der Waals surface area contributed by atoms with Crippen molar-refractivity contribution in [2.24, 2.45) is 5.92 Å². The quantitative estimate of drug-likeness (QED) is 0.452. The molecule has 5 heteroatoms. The van der Waals surface area contributed by atoms with Crippen LogP contribution in [-0.2, 0) is 19.1 Å². The highest BCUT2D eigenvalue weighted by Gasteiger charge is 2.30. The van der Waals surface area contributed by atoms with Gasteiger partial charge in [0.05, 0.1) is 0 Å². The summed E-state index contributed by atoms with van der Waals surface area (Å²) in [6.07, 6.45) is 11.2. The Balaban J connectivity index is 2.56. The van der Waals surface area contributed by atoms with Gasteiger partial charge in [-0.1, -0.05) is 36.3 Å². The van der Waals surface area contributed by atoms with E-state index in [0.717, 1.165) is 25.7 Å². The van der Waals surface area contributed by atoms with Crippen LogP contribution in [0.5, 0.6) is 0 Å². The van der Waals surface area contributed by atoms with Gasteiger partial charge in [-0.25, -0.2) is 4.79 Å². The van der Waals surface area contributed by atoms with Crippen LogP contribution in [0.4, 0.5) is 0 Å². The van der Waals surface area contributed by atoms with Gasteiger partial charge in [-0.3, -0.25) is 4.79 Å². The van der Waals surface area contributed by atoms with Gasteiger partial charge in [-0.15, -0.1) is 0 Å². The summed E-state index contributed by atoms with van der Waals surface area (Å²) < 4.78 is 9.87. The van der Waals surface area contributed by atoms with E-state index in [1.54, 1.807) is 6.08 Å². The van der Waals surface area contributed by atoms with E-state index in [0.29, 0.717) is 0 Å². The van der Waals surface area contributed by atoms with E-state index in [1.807, 2.05) is 6.08 Å². The van der Waals surface area contributed by atoms with Crippen molar-refractivity contribution in [3.63, 3.8) is 0 Å². The summed E-state index contributed by atoms with van der Waals surface area (Å²) in [6.45, 7) is 9.74. The lowest BCUT2D eigenvalue weighted by Crippen LogP contribution is -2.23. The number of allylic oxidation sites excluding steroid dienone is 5. The smallest absolute Gasteiger partial charge is 0.333 e. The predicted octanol–water partition coefficient (Wildman–Crippen LogP) is 4.38. The SMILES string of the molecule is CC(=O)OC(/C=C/C(C)CC/C=C(\C)CCC=C(C)C)C1=CC(=O)OC1O. The van der Waals surface area contributed by atoms with Crippen molar-refractivity contribution in [1.82, 2.24) is 0 Å². The molecule has 0 aromatic heterocycles. The van der Waals surface area contributed by atoms with Crippen LogP contribution in [0.3, 0.4) is 0 Å². The molecule has 0 fully saturated rings. The van der Waals surface area contributed by atoms with Crippen molar-refractivity contribution in [2.45, 2.75) is 72.7 Å². The van der Waals surface area contributed by atoms with Gasteiger partial charge in [-0.05, 0) is 58.4 Å². The average molecular weight is 376 g/mol. The zero-order chi connectivity index (χ0) is 20.4. The number of hydrogen-bond acceptors (Lipinski definition) is 5. The summed E-state index contributed by atoms with van der Waals surface area (Å²) in [5.74, 6) is -0.856. The van der Waals surface area contributed by atoms with E-state index < -0.39 is 24.3 Å². The maximum Gasteiger partial charge on any atom is 0.333 e. The molecule has 27 heavy (non-hydrogen) atoms. The van der Waals surface area contributed by atoms with Gasteiger partial charge < -0.3 is 14.6 Å². The van der Waals surface area contributed by atoms with Crippen LogP contribution in [0.2, 0.25) is 0 Å². The second-order valence-corrected chi connectivity index (χ2v) is 7.27. The second kappa shape index (κ2) is 11.5. The Hall–Kier alpha value is -2.14. The molecule has 0 amide bonds. The van der Waals surface area contributed by atoms with Gasteiger partial charge in [0, 0.05) is 18.6 Å². The molecule has 0 saturated heterocycles. The summed E-state index contributed by atoms with van der Waals surface area (Å²) in [5, 5.41) is 9.77.